The molecule has 0 unspecified atom stereocenters. The van der Waals surface area contributed by atoms with Gasteiger partial charge in [0.05, 0.1) is 29.7 Å². The molecule has 0 aliphatic carbocycles. The highest BCUT2D eigenvalue weighted by molar-refractivity contribution is 8.15. The Kier molecular flexibility index (Phi) is 4.75. The lowest BCUT2D eigenvalue weighted by molar-refractivity contribution is -0.116. The zero-order chi connectivity index (χ0) is 14.5. The van der Waals surface area contributed by atoms with Gasteiger partial charge in [0.2, 0.25) is 5.91 Å². The number of ether oxygens (including phenoxy) is 1. The maximum atomic E-state index is 11.4. The van der Waals surface area contributed by atoms with E-state index in [9.17, 15) is 9.59 Å². The van der Waals surface area contributed by atoms with Gasteiger partial charge in [-0.2, -0.15) is 5.10 Å². The average molecular weight is 312 g/mol. The van der Waals surface area contributed by atoms with Crippen molar-refractivity contribution in [1.29, 1.82) is 0 Å². The summed E-state index contributed by atoms with van der Waals surface area (Å²) in [6, 6.07) is 4.80. The molecule has 0 aromatic heterocycles. The first kappa shape index (κ1) is 14.5. The summed E-state index contributed by atoms with van der Waals surface area (Å²) in [6.07, 6.45) is 1.48. The van der Waals surface area contributed by atoms with E-state index in [-0.39, 0.29) is 16.5 Å². The van der Waals surface area contributed by atoms with Crippen LogP contribution in [0.5, 0.6) is 0 Å². The van der Waals surface area contributed by atoms with Crippen LogP contribution in [0.2, 0.25) is 5.02 Å². The Labute approximate surface area is 124 Å². The number of halogens is 1. The van der Waals surface area contributed by atoms with Gasteiger partial charge in [-0.1, -0.05) is 29.4 Å². The van der Waals surface area contributed by atoms with E-state index in [2.05, 4.69) is 20.3 Å². The summed E-state index contributed by atoms with van der Waals surface area (Å²) in [5.74, 6) is -0.230. The normalized spacial score (nSPS) is 16.7. The van der Waals surface area contributed by atoms with Crippen molar-refractivity contribution in [3.63, 3.8) is 0 Å². The van der Waals surface area contributed by atoms with Gasteiger partial charge in [0.15, 0.2) is 5.17 Å². The number of nitrogens with zero attached hydrogens (tertiary/aromatic N) is 2. The molecule has 1 aliphatic heterocycles. The predicted molar refractivity (Wildman–Crippen MR) is 78.4 cm³/mol. The lowest BCUT2D eigenvalue weighted by Gasteiger charge is -2.02. The summed E-state index contributed by atoms with van der Waals surface area (Å²) < 4.78 is 4.59. The summed E-state index contributed by atoms with van der Waals surface area (Å²) in [5.41, 5.74) is 0.970. The Morgan fingerprint density at radius 1 is 1.55 bits per heavy atom. The fourth-order valence-electron chi connectivity index (χ4n) is 1.41. The Bertz CT molecular complexity index is 616. The van der Waals surface area contributed by atoms with Crippen LogP contribution in [0.4, 0.5) is 0 Å². The van der Waals surface area contributed by atoms with Crippen LogP contribution in [0.15, 0.2) is 28.4 Å². The Morgan fingerprint density at radius 3 is 2.95 bits per heavy atom. The van der Waals surface area contributed by atoms with Crippen LogP contribution in [-0.2, 0) is 9.53 Å². The second-order valence-corrected chi connectivity index (χ2v) is 5.09. The molecule has 1 N–H and O–H groups in total. The standard InChI is InChI=1S/C12H10ClN3O3S/c1-19-11(18)8-3-2-7(4-9(8)13)5-14-16-12-15-10(17)6-20-12/h2-5H,6H2,1H3,(H,15,16,17). The van der Waals surface area contributed by atoms with Gasteiger partial charge in [0.1, 0.15) is 0 Å². The fraction of sp³-hybridized carbons (Fsp3) is 0.167. The minimum atomic E-state index is -0.496. The Hall–Kier alpha value is -1.86. The van der Waals surface area contributed by atoms with Crippen LogP contribution < -0.4 is 5.32 Å². The number of amides is 1. The van der Waals surface area contributed by atoms with Crippen molar-refractivity contribution in [1.82, 2.24) is 5.32 Å². The van der Waals surface area contributed by atoms with E-state index in [4.69, 9.17) is 11.6 Å². The molecule has 1 aromatic rings. The lowest BCUT2D eigenvalue weighted by atomic mass is 10.1. The maximum absolute atomic E-state index is 11.4. The number of rotatable bonds is 3. The SMILES string of the molecule is COC(=O)c1ccc(C=NN=C2NC(=O)CS2)cc1Cl. The summed E-state index contributed by atoms with van der Waals surface area (Å²) in [7, 11) is 1.29. The third kappa shape index (κ3) is 3.58. The molecule has 1 fully saturated rings. The van der Waals surface area contributed by atoms with E-state index in [1.165, 1.54) is 25.1 Å². The molecule has 0 saturated carbocycles. The lowest BCUT2D eigenvalue weighted by Crippen LogP contribution is -2.19. The minimum Gasteiger partial charge on any atom is -0.465 e. The van der Waals surface area contributed by atoms with E-state index in [1.807, 2.05) is 0 Å². The quantitative estimate of drug-likeness (QED) is 0.523. The molecule has 0 bridgehead atoms. The highest BCUT2D eigenvalue weighted by atomic mass is 35.5. The van der Waals surface area contributed by atoms with Crippen LogP contribution in [0.25, 0.3) is 0 Å². The van der Waals surface area contributed by atoms with Crippen LogP contribution in [0, 0.1) is 0 Å². The number of benzene rings is 1. The highest BCUT2D eigenvalue weighted by Gasteiger charge is 2.16. The fourth-order valence-corrected chi connectivity index (χ4v) is 2.31. The van der Waals surface area contributed by atoms with Gasteiger partial charge < -0.3 is 10.1 Å². The number of carbonyl (C=O) groups excluding carboxylic acids is 2. The van der Waals surface area contributed by atoms with Crippen molar-refractivity contribution in [2.75, 3.05) is 12.9 Å². The first-order valence-corrected chi connectivity index (χ1v) is 6.88. The summed E-state index contributed by atoms with van der Waals surface area (Å²) in [4.78, 5) is 22.3. The van der Waals surface area contributed by atoms with Crippen molar-refractivity contribution in [2.24, 2.45) is 10.2 Å². The molecule has 1 amide bonds. The largest absolute Gasteiger partial charge is 0.465 e. The second-order valence-electron chi connectivity index (χ2n) is 3.72. The van der Waals surface area contributed by atoms with Crippen molar-refractivity contribution in [2.45, 2.75) is 0 Å². The Balaban J connectivity index is 2.09. The Morgan fingerprint density at radius 2 is 2.35 bits per heavy atom. The molecule has 1 aliphatic rings. The molecule has 6 nitrogen and oxygen atoms in total. The first-order valence-electron chi connectivity index (χ1n) is 5.51. The monoisotopic (exact) mass is 311 g/mol. The van der Waals surface area contributed by atoms with Crippen molar-refractivity contribution in [3.05, 3.63) is 34.3 Å². The topological polar surface area (TPSA) is 80.1 Å². The smallest absolute Gasteiger partial charge is 0.339 e. The molecule has 1 saturated heterocycles. The summed E-state index contributed by atoms with van der Waals surface area (Å²) in [5, 5.41) is 11.0. The molecular formula is C12H10ClN3O3S. The molecule has 8 heteroatoms. The van der Waals surface area contributed by atoms with E-state index in [0.29, 0.717) is 16.5 Å². The van der Waals surface area contributed by atoms with Crippen LogP contribution in [0.1, 0.15) is 15.9 Å². The van der Waals surface area contributed by atoms with Crippen molar-refractivity contribution < 1.29 is 14.3 Å². The highest BCUT2D eigenvalue weighted by Crippen LogP contribution is 2.18. The predicted octanol–water partition coefficient (Wildman–Crippen LogP) is 1.68. The third-order valence-corrected chi connectivity index (χ3v) is 3.52. The van der Waals surface area contributed by atoms with Gasteiger partial charge in [-0.25, -0.2) is 4.79 Å². The van der Waals surface area contributed by atoms with E-state index in [0.717, 1.165) is 0 Å². The number of hydrogen-bond acceptors (Lipinski definition) is 6. The maximum Gasteiger partial charge on any atom is 0.339 e. The van der Waals surface area contributed by atoms with Gasteiger partial charge in [0, 0.05) is 0 Å². The van der Waals surface area contributed by atoms with Crippen molar-refractivity contribution >= 4 is 46.6 Å². The molecule has 2 rings (SSSR count). The first-order chi connectivity index (χ1) is 9.60. The molecule has 104 valence electrons. The number of methoxy groups -OCH3 is 1. The molecule has 1 heterocycles. The number of thioether (sulfide) groups is 1. The number of amidine groups is 1. The van der Waals surface area contributed by atoms with Gasteiger partial charge in [-0.05, 0) is 17.7 Å². The minimum absolute atomic E-state index is 0.0885. The summed E-state index contributed by atoms with van der Waals surface area (Å²) in [6.45, 7) is 0. The van der Waals surface area contributed by atoms with Crippen LogP contribution in [0.3, 0.4) is 0 Å². The van der Waals surface area contributed by atoms with Gasteiger partial charge in [0.25, 0.3) is 0 Å². The molecule has 0 atom stereocenters. The zero-order valence-corrected chi connectivity index (χ0v) is 12.0. The van der Waals surface area contributed by atoms with E-state index < -0.39 is 5.97 Å². The van der Waals surface area contributed by atoms with Crippen LogP contribution in [-0.4, -0.2) is 36.1 Å². The molecular weight excluding hydrogens is 302 g/mol. The van der Waals surface area contributed by atoms with E-state index >= 15 is 0 Å². The number of nitrogens with one attached hydrogen (secondary N) is 1. The average Bonchev–Trinajstić information content (AvgIpc) is 2.84. The van der Waals surface area contributed by atoms with Gasteiger partial charge in [-0.3, -0.25) is 4.79 Å². The molecule has 0 radical (unpaired) electrons. The molecule has 20 heavy (non-hydrogen) atoms. The van der Waals surface area contributed by atoms with E-state index in [1.54, 1.807) is 18.2 Å². The summed E-state index contributed by atoms with van der Waals surface area (Å²) >= 11 is 7.26. The third-order valence-electron chi connectivity index (χ3n) is 2.34. The van der Waals surface area contributed by atoms with Gasteiger partial charge >= 0.3 is 5.97 Å². The number of esters is 1. The number of carbonyl (C=O) groups is 2. The zero-order valence-electron chi connectivity index (χ0n) is 10.4. The second kappa shape index (κ2) is 6.53. The molecule has 1 aromatic carbocycles. The molecule has 0 spiro atoms. The van der Waals surface area contributed by atoms with Gasteiger partial charge in [-0.15, -0.1) is 5.10 Å². The van der Waals surface area contributed by atoms with Crippen molar-refractivity contribution in [3.8, 4) is 0 Å². The van der Waals surface area contributed by atoms with Crippen LogP contribution >= 0.6 is 23.4 Å². The number of hydrogen-bond donors (Lipinski definition) is 1.